The van der Waals surface area contributed by atoms with Crippen molar-refractivity contribution in [1.29, 1.82) is 5.26 Å². The quantitative estimate of drug-likeness (QED) is 0.883. The molecule has 112 valence electrons. The number of nitrogens with one attached hydrogen (secondary N) is 2. The Kier molecular flexibility index (Phi) is 4.71. The Bertz CT molecular complexity index is 574. The Morgan fingerprint density at radius 2 is 2.10 bits per heavy atom. The van der Waals surface area contributed by atoms with Gasteiger partial charge in [0.2, 0.25) is 0 Å². The number of likely N-dealkylation sites (tertiary alicyclic amines) is 1. The number of aryl methyl sites for hydroxylation is 1. The molecule has 5 nitrogen and oxygen atoms in total. The van der Waals surface area contributed by atoms with E-state index in [-0.39, 0.29) is 6.03 Å². The van der Waals surface area contributed by atoms with Crippen LogP contribution < -0.4 is 10.6 Å². The number of urea groups is 1. The molecule has 1 aliphatic rings. The van der Waals surface area contributed by atoms with Gasteiger partial charge < -0.3 is 15.5 Å². The molecule has 2 N–H and O–H groups in total. The van der Waals surface area contributed by atoms with E-state index in [9.17, 15) is 10.1 Å². The van der Waals surface area contributed by atoms with E-state index in [0.717, 1.165) is 18.7 Å². The first-order chi connectivity index (χ1) is 9.94. The highest BCUT2D eigenvalue weighted by molar-refractivity contribution is 6.31. The Balaban J connectivity index is 2.00. The lowest BCUT2D eigenvalue weighted by atomic mass is 9.89. The third-order valence-electron chi connectivity index (χ3n) is 3.84. The standard InChI is InChI=1S/C15H19ClN4O/c1-11-3-4-12(9-13(11)16)18-14(21)19-15(10-17)5-7-20(2)8-6-15/h3-4,9H,5-8H2,1-2H3,(H2,18,19,21). The molecule has 0 bridgehead atoms. The smallest absolute Gasteiger partial charge is 0.319 e. The van der Waals surface area contributed by atoms with Crippen molar-refractivity contribution >= 4 is 23.3 Å². The van der Waals surface area contributed by atoms with Crippen LogP contribution in [-0.4, -0.2) is 36.6 Å². The summed E-state index contributed by atoms with van der Waals surface area (Å²) in [4.78, 5) is 14.2. The van der Waals surface area contributed by atoms with Crippen molar-refractivity contribution in [2.45, 2.75) is 25.3 Å². The minimum Gasteiger partial charge on any atom is -0.319 e. The van der Waals surface area contributed by atoms with Crippen molar-refractivity contribution < 1.29 is 4.79 Å². The predicted octanol–water partition coefficient (Wildman–Crippen LogP) is 2.76. The van der Waals surface area contributed by atoms with Crippen LogP contribution >= 0.6 is 11.6 Å². The van der Waals surface area contributed by atoms with Crippen LogP contribution in [0.25, 0.3) is 0 Å². The van der Waals surface area contributed by atoms with Crippen molar-refractivity contribution in [3.8, 4) is 6.07 Å². The van der Waals surface area contributed by atoms with Crippen molar-refractivity contribution in [2.24, 2.45) is 0 Å². The molecule has 0 atom stereocenters. The van der Waals surface area contributed by atoms with Gasteiger partial charge in [-0.05, 0) is 44.5 Å². The van der Waals surface area contributed by atoms with E-state index in [1.807, 2.05) is 20.0 Å². The number of amides is 2. The topological polar surface area (TPSA) is 68.2 Å². The van der Waals surface area contributed by atoms with Gasteiger partial charge in [0.05, 0.1) is 6.07 Å². The monoisotopic (exact) mass is 306 g/mol. The van der Waals surface area contributed by atoms with Gasteiger partial charge in [-0.25, -0.2) is 4.79 Å². The van der Waals surface area contributed by atoms with Gasteiger partial charge in [-0.15, -0.1) is 0 Å². The lowest BCUT2D eigenvalue weighted by Crippen LogP contribution is -2.54. The molecule has 1 saturated heterocycles. The first kappa shape index (κ1) is 15.6. The molecule has 1 aliphatic heterocycles. The molecule has 0 radical (unpaired) electrons. The molecule has 0 unspecified atom stereocenters. The summed E-state index contributed by atoms with van der Waals surface area (Å²) in [5.74, 6) is 0. The minimum absolute atomic E-state index is 0.374. The second-order valence-corrected chi connectivity index (χ2v) is 5.95. The van der Waals surface area contributed by atoms with Crippen LogP contribution in [0.4, 0.5) is 10.5 Å². The summed E-state index contributed by atoms with van der Waals surface area (Å²) >= 11 is 6.03. The zero-order valence-electron chi connectivity index (χ0n) is 12.2. The van der Waals surface area contributed by atoms with E-state index < -0.39 is 5.54 Å². The Labute approximate surface area is 129 Å². The van der Waals surface area contributed by atoms with Crippen molar-refractivity contribution in [3.05, 3.63) is 28.8 Å². The van der Waals surface area contributed by atoms with Crippen LogP contribution in [0, 0.1) is 18.3 Å². The number of piperidine rings is 1. The number of nitriles is 1. The maximum absolute atomic E-state index is 12.1. The highest BCUT2D eigenvalue weighted by Gasteiger charge is 2.35. The maximum Gasteiger partial charge on any atom is 0.320 e. The first-order valence-electron chi connectivity index (χ1n) is 6.89. The van der Waals surface area contributed by atoms with E-state index in [1.54, 1.807) is 12.1 Å². The van der Waals surface area contributed by atoms with Crippen molar-refractivity contribution in [3.63, 3.8) is 0 Å². The molecule has 1 aromatic carbocycles. The van der Waals surface area contributed by atoms with E-state index in [2.05, 4.69) is 21.6 Å². The zero-order chi connectivity index (χ0) is 15.5. The second-order valence-electron chi connectivity index (χ2n) is 5.54. The average Bonchev–Trinajstić information content (AvgIpc) is 2.46. The summed E-state index contributed by atoms with van der Waals surface area (Å²) in [5, 5.41) is 15.5. The minimum atomic E-state index is -0.787. The van der Waals surface area contributed by atoms with E-state index in [0.29, 0.717) is 23.6 Å². The van der Waals surface area contributed by atoms with E-state index >= 15 is 0 Å². The molecule has 0 saturated carbocycles. The third-order valence-corrected chi connectivity index (χ3v) is 4.24. The molecule has 1 aromatic rings. The van der Waals surface area contributed by atoms with Crippen molar-refractivity contribution in [1.82, 2.24) is 10.2 Å². The molecule has 6 heteroatoms. The van der Waals surface area contributed by atoms with Crippen LogP contribution in [0.5, 0.6) is 0 Å². The molecule has 1 fully saturated rings. The molecule has 0 aliphatic carbocycles. The Morgan fingerprint density at radius 3 is 2.67 bits per heavy atom. The summed E-state index contributed by atoms with van der Waals surface area (Å²) in [6, 6.07) is 7.20. The molecule has 21 heavy (non-hydrogen) atoms. The largest absolute Gasteiger partial charge is 0.320 e. The number of rotatable bonds is 2. The average molecular weight is 307 g/mol. The first-order valence-corrected chi connectivity index (χ1v) is 7.27. The number of carbonyl (C=O) groups excluding carboxylic acids is 1. The van der Waals surface area contributed by atoms with Crippen LogP contribution in [0.1, 0.15) is 18.4 Å². The van der Waals surface area contributed by atoms with Gasteiger partial charge in [-0.1, -0.05) is 17.7 Å². The number of benzene rings is 1. The van der Waals surface area contributed by atoms with Crippen LogP contribution in [-0.2, 0) is 0 Å². The number of hydrogen-bond donors (Lipinski definition) is 2. The van der Waals surface area contributed by atoms with E-state index in [4.69, 9.17) is 11.6 Å². The highest BCUT2D eigenvalue weighted by Crippen LogP contribution is 2.22. The number of hydrogen-bond acceptors (Lipinski definition) is 3. The number of nitrogens with zero attached hydrogens (tertiary/aromatic N) is 2. The molecule has 2 rings (SSSR count). The van der Waals surface area contributed by atoms with Crippen LogP contribution in [0.3, 0.4) is 0 Å². The molecule has 2 amide bonds. The summed E-state index contributed by atoms with van der Waals surface area (Å²) in [6.07, 6.45) is 1.25. The SMILES string of the molecule is Cc1ccc(NC(=O)NC2(C#N)CCN(C)CC2)cc1Cl. The lowest BCUT2D eigenvalue weighted by Gasteiger charge is -2.35. The summed E-state index contributed by atoms with van der Waals surface area (Å²) in [6.45, 7) is 3.49. The summed E-state index contributed by atoms with van der Waals surface area (Å²) in [7, 11) is 2.01. The van der Waals surface area contributed by atoms with Gasteiger partial charge in [-0.3, -0.25) is 0 Å². The van der Waals surface area contributed by atoms with Gasteiger partial charge in [0.25, 0.3) is 0 Å². The summed E-state index contributed by atoms with van der Waals surface area (Å²) < 4.78 is 0. The van der Waals surface area contributed by atoms with E-state index in [1.165, 1.54) is 0 Å². The van der Waals surface area contributed by atoms with Crippen LogP contribution in [0.15, 0.2) is 18.2 Å². The number of anilines is 1. The Hall–Kier alpha value is -1.77. The Morgan fingerprint density at radius 1 is 1.43 bits per heavy atom. The fourth-order valence-corrected chi connectivity index (χ4v) is 2.50. The number of carbonyl (C=O) groups is 1. The second kappa shape index (κ2) is 6.33. The van der Waals surface area contributed by atoms with Gasteiger partial charge >= 0.3 is 6.03 Å². The normalized spacial score (nSPS) is 17.8. The fourth-order valence-electron chi connectivity index (χ4n) is 2.32. The molecule has 1 heterocycles. The van der Waals surface area contributed by atoms with Crippen molar-refractivity contribution in [2.75, 3.05) is 25.5 Å². The highest BCUT2D eigenvalue weighted by atomic mass is 35.5. The maximum atomic E-state index is 12.1. The fraction of sp³-hybridized carbons (Fsp3) is 0.467. The third kappa shape index (κ3) is 3.87. The lowest BCUT2D eigenvalue weighted by molar-refractivity contribution is 0.193. The molecule has 0 aromatic heterocycles. The van der Waals surface area contributed by atoms with Gasteiger partial charge in [0, 0.05) is 23.8 Å². The predicted molar refractivity (Wildman–Crippen MR) is 83.4 cm³/mol. The molecular formula is C15H19ClN4O. The van der Waals surface area contributed by atoms with Gasteiger partial charge in [0.1, 0.15) is 5.54 Å². The van der Waals surface area contributed by atoms with Gasteiger partial charge in [-0.2, -0.15) is 5.26 Å². The van der Waals surface area contributed by atoms with Crippen LogP contribution in [0.2, 0.25) is 5.02 Å². The van der Waals surface area contributed by atoms with Gasteiger partial charge in [0.15, 0.2) is 0 Å². The molecular weight excluding hydrogens is 288 g/mol. The zero-order valence-corrected chi connectivity index (χ0v) is 13.0. The summed E-state index contributed by atoms with van der Waals surface area (Å²) in [5.41, 5.74) is 0.779. The molecule has 0 spiro atoms. The number of halogens is 1.